The van der Waals surface area contributed by atoms with Gasteiger partial charge >= 0.3 is 0 Å². The van der Waals surface area contributed by atoms with Crippen molar-refractivity contribution in [3.05, 3.63) is 47.7 Å². The molecule has 1 heterocycles. The van der Waals surface area contributed by atoms with Crippen molar-refractivity contribution in [2.75, 3.05) is 32.7 Å². The standard InChI is InChI=1S/C11H13FN2O2.C8H12N2O2/c1-13-11(16)5-2-8-6-9(14-7-15)3-4-10(8)12;1-7-5-10-8(6-9-7)12-4-3-11-2/h3-4,6-7H,2,5H2,1H3,(H,13,16)(H,14,15);5-6H,3-4H2,1-2H3. The minimum Gasteiger partial charge on any atom is -0.474 e. The third-order valence-corrected chi connectivity index (χ3v) is 3.47. The molecule has 9 heteroatoms. The van der Waals surface area contributed by atoms with Crippen LogP contribution in [-0.2, 0) is 20.7 Å². The molecule has 0 saturated carbocycles. The van der Waals surface area contributed by atoms with Gasteiger partial charge < -0.3 is 20.1 Å². The van der Waals surface area contributed by atoms with E-state index in [-0.39, 0.29) is 18.1 Å². The molecule has 0 radical (unpaired) electrons. The Bertz CT molecular complexity index is 741. The lowest BCUT2D eigenvalue weighted by atomic mass is 10.1. The summed E-state index contributed by atoms with van der Waals surface area (Å²) in [6.45, 7) is 2.95. The molecule has 1 aromatic heterocycles. The molecular weight excluding hydrogens is 367 g/mol. The summed E-state index contributed by atoms with van der Waals surface area (Å²) in [5.41, 5.74) is 1.81. The number of hydrogen-bond donors (Lipinski definition) is 2. The summed E-state index contributed by atoms with van der Waals surface area (Å²) < 4.78 is 23.3. The highest BCUT2D eigenvalue weighted by molar-refractivity contribution is 5.76. The van der Waals surface area contributed by atoms with E-state index >= 15 is 0 Å². The zero-order valence-electron chi connectivity index (χ0n) is 16.2. The SMILES string of the molecule is CNC(=O)CCc1cc(NC=O)ccc1F.COCCOc1cnc(C)cn1. The van der Waals surface area contributed by atoms with Crippen LogP contribution in [0.25, 0.3) is 0 Å². The number of nitrogens with one attached hydrogen (secondary N) is 2. The van der Waals surface area contributed by atoms with Crippen molar-refractivity contribution in [1.29, 1.82) is 0 Å². The number of halogens is 1. The average Bonchev–Trinajstić information content (AvgIpc) is 2.70. The van der Waals surface area contributed by atoms with Crippen LogP contribution in [0, 0.1) is 12.7 Å². The molecule has 2 amide bonds. The molecule has 0 bridgehead atoms. The van der Waals surface area contributed by atoms with Crippen molar-refractivity contribution in [1.82, 2.24) is 15.3 Å². The lowest BCUT2D eigenvalue weighted by molar-refractivity contribution is -0.120. The highest BCUT2D eigenvalue weighted by Gasteiger charge is 2.06. The van der Waals surface area contributed by atoms with Crippen LogP contribution in [-0.4, -0.2) is 49.7 Å². The van der Waals surface area contributed by atoms with Crippen molar-refractivity contribution in [2.24, 2.45) is 0 Å². The van der Waals surface area contributed by atoms with Gasteiger partial charge in [-0.15, -0.1) is 0 Å². The highest BCUT2D eigenvalue weighted by atomic mass is 19.1. The fraction of sp³-hybridized carbons (Fsp3) is 0.368. The maximum absolute atomic E-state index is 13.3. The molecule has 0 aliphatic heterocycles. The van der Waals surface area contributed by atoms with E-state index in [4.69, 9.17) is 9.47 Å². The molecule has 0 atom stereocenters. The van der Waals surface area contributed by atoms with Gasteiger partial charge in [-0.05, 0) is 37.1 Å². The molecular formula is C19H25FN4O4. The lowest BCUT2D eigenvalue weighted by Crippen LogP contribution is -2.18. The molecule has 2 aromatic rings. The summed E-state index contributed by atoms with van der Waals surface area (Å²) in [7, 11) is 3.16. The zero-order chi connectivity index (χ0) is 20.8. The van der Waals surface area contributed by atoms with E-state index in [0.29, 0.717) is 43.2 Å². The molecule has 0 aliphatic carbocycles. The molecule has 0 saturated heterocycles. The number of amides is 2. The summed E-state index contributed by atoms with van der Waals surface area (Å²) in [6, 6.07) is 4.25. The van der Waals surface area contributed by atoms with Crippen LogP contribution in [0.1, 0.15) is 17.7 Å². The molecule has 0 aliphatic rings. The van der Waals surface area contributed by atoms with Crippen molar-refractivity contribution >= 4 is 18.0 Å². The average molecular weight is 392 g/mol. The van der Waals surface area contributed by atoms with E-state index < -0.39 is 0 Å². The van der Waals surface area contributed by atoms with Gasteiger partial charge in [-0.2, -0.15) is 0 Å². The number of anilines is 1. The van der Waals surface area contributed by atoms with Gasteiger partial charge in [0.2, 0.25) is 18.2 Å². The third-order valence-electron chi connectivity index (χ3n) is 3.47. The Morgan fingerprint density at radius 3 is 2.64 bits per heavy atom. The first-order chi connectivity index (χ1) is 13.5. The Labute approximate surface area is 163 Å². The van der Waals surface area contributed by atoms with Crippen molar-refractivity contribution < 1.29 is 23.5 Å². The normalized spacial score (nSPS) is 9.71. The smallest absolute Gasteiger partial charge is 0.232 e. The van der Waals surface area contributed by atoms with Gasteiger partial charge in [0.1, 0.15) is 12.4 Å². The predicted octanol–water partition coefficient (Wildman–Crippen LogP) is 1.88. The number of aromatic nitrogens is 2. The van der Waals surface area contributed by atoms with Crippen molar-refractivity contribution in [3.63, 3.8) is 0 Å². The topological polar surface area (TPSA) is 102 Å². The van der Waals surface area contributed by atoms with Crippen LogP contribution < -0.4 is 15.4 Å². The maximum atomic E-state index is 13.3. The largest absolute Gasteiger partial charge is 0.474 e. The van der Waals surface area contributed by atoms with Gasteiger partial charge in [-0.3, -0.25) is 14.6 Å². The number of ether oxygens (including phenoxy) is 2. The van der Waals surface area contributed by atoms with Crippen molar-refractivity contribution in [2.45, 2.75) is 19.8 Å². The number of methoxy groups -OCH3 is 1. The Kier molecular flexibility index (Phi) is 10.8. The number of rotatable bonds is 9. The number of carbonyl (C=O) groups is 2. The van der Waals surface area contributed by atoms with Crippen LogP contribution in [0.5, 0.6) is 5.88 Å². The van der Waals surface area contributed by atoms with E-state index in [1.165, 1.54) is 25.2 Å². The first-order valence-corrected chi connectivity index (χ1v) is 8.59. The molecule has 8 nitrogen and oxygen atoms in total. The summed E-state index contributed by atoms with van der Waals surface area (Å²) in [5, 5.41) is 4.89. The minimum absolute atomic E-state index is 0.145. The number of hydrogen-bond acceptors (Lipinski definition) is 6. The molecule has 0 unspecified atom stereocenters. The van der Waals surface area contributed by atoms with E-state index in [1.807, 2.05) is 6.92 Å². The highest BCUT2D eigenvalue weighted by Crippen LogP contribution is 2.15. The molecule has 152 valence electrons. The number of nitrogens with zero attached hydrogens (tertiary/aromatic N) is 2. The van der Waals surface area contributed by atoms with Gasteiger partial charge in [0.15, 0.2) is 0 Å². The maximum Gasteiger partial charge on any atom is 0.232 e. The Hall–Kier alpha value is -3.07. The fourth-order valence-electron chi connectivity index (χ4n) is 1.98. The molecule has 0 spiro atoms. The van der Waals surface area contributed by atoms with Crippen LogP contribution >= 0.6 is 0 Å². The van der Waals surface area contributed by atoms with Crippen molar-refractivity contribution in [3.8, 4) is 5.88 Å². The second-order valence-corrected chi connectivity index (χ2v) is 5.58. The summed E-state index contributed by atoms with van der Waals surface area (Å²) >= 11 is 0. The third kappa shape index (κ3) is 9.04. The summed E-state index contributed by atoms with van der Waals surface area (Å²) in [5.74, 6) is 0.0196. The van der Waals surface area contributed by atoms with Gasteiger partial charge in [-0.1, -0.05) is 0 Å². The van der Waals surface area contributed by atoms with Gasteiger partial charge in [0.05, 0.1) is 24.7 Å². The number of aryl methyl sites for hydroxylation is 2. The van der Waals surface area contributed by atoms with Crippen LogP contribution in [0.3, 0.4) is 0 Å². The van der Waals surface area contributed by atoms with Crippen LogP contribution in [0.4, 0.5) is 10.1 Å². The van der Waals surface area contributed by atoms with E-state index in [2.05, 4.69) is 20.6 Å². The second kappa shape index (κ2) is 13.2. The quantitative estimate of drug-likeness (QED) is 0.499. The number of carbonyl (C=O) groups excluding carboxylic acids is 2. The first-order valence-electron chi connectivity index (χ1n) is 8.59. The fourth-order valence-corrected chi connectivity index (χ4v) is 1.98. The van der Waals surface area contributed by atoms with Gasteiger partial charge in [-0.25, -0.2) is 9.37 Å². The van der Waals surface area contributed by atoms with Crippen LogP contribution in [0.15, 0.2) is 30.6 Å². The summed E-state index contributed by atoms with van der Waals surface area (Å²) in [6.07, 6.45) is 4.32. The summed E-state index contributed by atoms with van der Waals surface area (Å²) in [4.78, 5) is 29.3. The van der Waals surface area contributed by atoms with Gasteiger partial charge in [0.25, 0.3) is 0 Å². The second-order valence-electron chi connectivity index (χ2n) is 5.58. The molecule has 1 aromatic carbocycles. The first kappa shape index (κ1) is 23.0. The van der Waals surface area contributed by atoms with E-state index in [1.54, 1.807) is 19.5 Å². The predicted molar refractivity (Wildman–Crippen MR) is 103 cm³/mol. The minimum atomic E-state index is -0.375. The van der Waals surface area contributed by atoms with Crippen LogP contribution in [0.2, 0.25) is 0 Å². The van der Waals surface area contributed by atoms with E-state index in [0.717, 1.165) is 5.69 Å². The number of benzene rings is 1. The van der Waals surface area contributed by atoms with E-state index in [9.17, 15) is 14.0 Å². The molecule has 2 rings (SSSR count). The van der Waals surface area contributed by atoms with Gasteiger partial charge in [0, 0.05) is 26.3 Å². The Morgan fingerprint density at radius 2 is 2.04 bits per heavy atom. The molecule has 2 N–H and O–H groups in total. The monoisotopic (exact) mass is 392 g/mol. The molecule has 28 heavy (non-hydrogen) atoms. The molecule has 0 fully saturated rings. The Balaban J connectivity index is 0.000000292. The Morgan fingerprint density at radius 1 is 1.25 bits per heavy atom. The zero-order valence-corrected chi connectivity index (χ0v) is 16.2. The lowest BCUT2D eigenvalue weighted by Gasteiger charge is -2.05.